The first-order valence-electron chi connectivity index (χ1n) is 8.69. The number of nitrogens with two attached hydrogens (primary N) is 2. The van der Waals surface area contributed by atoms with E-state index in [1.165, 1.54) is 12.5 Å². The molecule has 2 aromatic rings. The summed E-state index contributed by atoms with van der Waals surface area (Å²) in [6.45, 7) is 3.82. The van der Waals surface area contributed by atoms with Crippen molar-refractivity contribution in [2.45, 2.75) is 47.6 Å². The molecule has 0 saturated carbocycles. The van der Waals surface area contributed by atoms with Crippen LogP contribution in [-0.2, 0) is 9.53 Å². The van der Waals surface area contributed by atoms with E-state index in [2.05, 4.69) is 16.5 Å². The molecule has 1 fully saturated rings. The second-order valence-electron chi connectivity index (χ2n) is 6.58. The van der Waals surface area contributed by atoms with E-state index in [1.807, 2.05) is 0 Å². The SMILES string of the molecule is C=C[Se+](CCC(N)C(=O)O)C[C@H]1O[C@@H](n2cnc3c(N)ccnc32)[C@@H](O)C1O. The molecule has 1 saturated heterocycles. The van der Waals surface area contributed by atoms with Gasteiger partial charge in [-0.2, -0.15) is 0 Å². The van der Waals surface area contributed by atoms with Crippen LogP contribution < -0.4 is 11.5 Å². The molecule has 0 radical (unpaired) electrons. The quantitative estimate of drug-likeness (QED) is 0.333. The van der Waals surface area contributed by atoms with Crippen LogP contribution in [0.15, 0.2) is 30.1 Å². The molecule has 3 rings (SSSR count). The fourth-order valence-corrected chi connectivity index (χ4v) is 6.70. The van der Waals surface area contributed by atoms with E-state index < -0.39 is 50.5 Å². The number of rotatable bonds is 8. The van der Waals surface area contributed by atoms with Crippen LogP contribution in [0.2, 0.25) is 10.6 Å². The number of fused-ring (bicyclic) bond motifs is 1. The number of aliphatic hydroxyl groups is 2. The maximum absolute atomic E-state index is 10.9. The van der Waals surface area contributed by atoms with Gasteiger partial charge < -0.3 is 0 Å². The summed E-state index contributed by atoms with van der Waals surface area (Å²) < 4.78 is 7.50. The van der Waals surface area contributed by atoms with Gasteiger partial charge in [0, 0.05) is 0 Å². The molecule has 1 aliphatic heterocycles. The van der Waals surface area contributed by atoms with Gasteiger partial charge in [-0.05, 0) is 0 Å². The monoisotopic (exact) mass is 458 g/mol. The molecule has 152 valence electrons. The molecule has 0 bridgehead atoms. The number of ether oxygens (including phenoxy) is 1. The van der Waals surface area contributed by atoms with E-state index in [0.29, 0.717) is 33.9 Å². The molecule has 0 amide bonds. The molecule has 0 spiro atoms. The molecule has 28 heavy (non-hydrogen) atoms. The average molecular weight is 457 g/mol. The molecule has 0 aliphatic carbocycles. The number of hydrogen-bond acceptors (Lipinski definition) is 8. The van der Waals surface area contributed by atoms with Crippen molar-refractivity contribution in [1.29, 1.82) is 0 Å². The van der Waals surface area contributed by atoms with Crippen molar-refractivity contribution < 1.29 is 24.9 Å². The molecule has 1 aliphatic rings. The minimum absolute atomic E-state index is 0.330. The topological polar surface area (TPSA) is 170 Å². The van der Waals surface area contributed by atoms with E-state index in [4.69, 9.17) is 21.3 Å². The van der Waals surface area contributed by atoms with Gasteiger partial charge in [0.25, 0.3) is 0 Å². The standard InChI is InChI=1S/C17H23N5O5Se/c1-2-28(6-4-10(19)17(25)26)7-11-13(23)14(24)16(27-11)22-8-21-12-9(18)3-5-20-15(12)22/h2-3,5,8,10-11,13-14,16,23-24H,1,4,6-7,19H2,(H2-,18,20,25,26)/p+1/t10?,11-,13?,14+,16-,28?/m1/s1. The number of nitrogen functional groups attached to an aromatic ring is 1. The summed E-state index contributed by atoms with van der Waals surface area (Å²) >= 11 is -1.48. The Morgan fingerprint density at radius 3 is 2.86 bits per heavy atom. The summed E-state index contributed by atoms with van der Waals surface area (Å²) in [4.78, 5) is 21.1. The third kappa shape index (κ3) is 4.04. The third-order valence-electron chi connectivity index (χ3n) is 4.73. The van der Waals surface area contributed by atoms with E-state index in [9.17, 15) is 15.0 Å². The third-order valence-corrected chi connectivity index (χ3v) is 8.90. The number of aromatic nitrogens is 3. The van der Waals surface area contributed by atoms with Crippen LogP contribution in [0, 0.1) is 0 Å². The van der Waals surface area contributed by atoms with Crippen molar-refractivity contribution >= 4 is 36.7 Å². The van der Waals surface area contributed by atoms with Crippen molar-refractivity contribution in [3.63, 3.8) is 0 Å². The van der Waals surface area contributed by atoms with Crippen LogP contribution >= 0.6 is 0 Å². The first kappa shape index (κ1) is 20.7. The van der Waals surface area contributed by atoms with Crippen LogP contribution in [0.25, 0.3) is 11.2 Å². The fraction of sp³-hybridized carbons (Fsp3) is 0.471. The fourth-order valence-electron chi connectivity index (χ4n) is 3.08. The van der Waals surface area contributed by atoms with Crippen molar-refractivity contribution in [3.8, 4) is 0 Å². The van der Waals surface area contributed by atoms with Gasteiger partial charge in [0.05, 0.1) is 0 Å². The molecule has 3 unspecified atom stereocenters. The number of aliphatic carboxylic acids is 1. The molecule has 2 aromatic heterocycles. The van der Waals surface area contributed by atoms with Gasteiger partial charge in [-0.3, -0.25) is 0 Å². The average Bonchev–Trinajstić information content (AvgIpc) is 3.21. The number of imidazole rings is 1. The van der Waals surface area contributed by atoms with Gasteiger partial charge in [0.2, 0.25) is 0 Å². The number of aliphatic hydroxyl groups excluding tert-OH is 2. The van der Waals surface area contributed by atoms with Crippen molar-refractivity contribution in [3.05, 3.63) is 30.1 Å². The van der Waals surface area contributed by atoms with Crippen LogP contribution in [0.5, 0.6) is 0 Å². The van der Waals surface area contributed by atoms with Crippen LogP contribution in [-0.4, -0.2) is 74.1 Å². The number of anilines is 1. The molecule has 0 aromatic carbocycles. The normalized spacial score (nSPS) is 27.0. The Kier molecular flexibility index (Phi) is 6.33. The number of nitrogens with zero attached hydrogens (tertiary/aromatic N) is 3. The Bertz CT molecular complexity index is 862. The Balaban J connectivity index is 1.72. The van der Waals surface area contributed by atoms with Gasteiger partial charge in [-0.1, -0.05) is 0 Å². The second-order valence-corrected chi connectivity index (χ2v) is 11.1. The minimum atomic E-state index is -1.48. The van der Waals surface area contributed by atoms with E-state index >= 15 is 0 Å². The Hall–Kier alpha value is -2.01. The van der Waals surface area contributed by atoms with Crippen LogP contribution in [0.3, 0.4) is 0 Å². The number of carboxylic acids is 1. The Labute approximate surface area is 165 Å². The number of carbonyl (C=O) groups is 1. The van der Waals surface area contributed by atoms with Crippen molar-refractivity contribution in [1.82, 2.24) is 14.5 Å². The zero-order valence-corrected chi connectivity index (χ0v) is 16.8. The number of hydrogen-bond donors (Lipinski definition) is 5. The molecule has 3 heterocycles. The first-order valence-corrected chi connectivity index (χ1v) is 12.1. The second kappa shape index (κ2) is 8.56. The molecule has 7 N–H and O–H groups in total. The summed E-state index contributed by atoms with van der Waals surface area (Å²) in [5.41, 5.74) is 12.9. The van der Waals surface area contributed by atoms with E-state index in [1.54, 1.807) is 15.6 Å². The van der Waals surface area contributed by atoms with E-state index in [0.717, 1.165) is 0 Å². The first-order chi connectivity index (χ1) is 13.3. The Morgan fingerprint density at radius 2 is 2.18 bits per heavy atom. The Morgan fingerprint density at radius 1 is 1.43 bits per heavy atom. The number of pyridine rings is 1. The molecule has 11 heteroatoms. The summed E-state index contributed by atoms with van der Waals surface area (Å²) in [7, 11) is 0. The van der Waals surface area contributed by atoms with Crippen LogP contribution in [0.4, 0.5) is 5.69 Å². The number of carboxylic acid groups (broad SMARTS) is 1. The van der Waals surface area contributed by atoms with Gasteiger partial charge in [-0.25, -0.2) is 0 Å². The van der Waals surface area contributed by atoms with Gasteiger partial charge in [-0.15, -0.1) is 0 Å². The van der Waals surface area contributed by atoms with E-state index in [-0.39, 0.29) is 0 Å². The predicted molar refractivity (Wildman–Crippen MR) is 104 cm³/mol. The zero-order valence-electron chi connectivity index (χ0n) is 15.1. The maximum atomic E-state index is 10.9. The van der Waals surface area contributed by atoms with Crippen molar-refractivity contribution in [2.24, 2.45) is 5.73 Å². The van der Waals surface area contributed by atoms with Gasteiger partial charge >= 0.3 is 165 Å². The summed E-state index contributed by atoms with van der Waals surface area (Å²) in [6.07, 6.45) is -0.371. The van der Waals surface area contributed by atoms with Gasteiger partial charge in [0.15, 0.2) is 0 Å². The molecule has 6 atom stereocenters. The summed E-state index contributed by atoms with van der Waals surface area (Å²) in [6, 6.07) is 0.706. The molecule has 10 nitrogen and oxygen atoms in total. The predicted octanol–water partition coefficient (Wildman–Crippen LogP) is -0.345. The molecular formula is C17H24N5O5Se+. The zero-order chi connectivity index (χ0) is 20.4. The van der Waals surface area contributed by atoms with Gasteiger partial charge in [0.1, 0.15) is 0 Å². The van der Waals surface area contributed by atoms with Crippen LogP contribution in [0.1, 0.15) is 12.6 Å². The summed E-state index contributed by atoms with van der Waals surface area (Å²) in [5, 5.41) is 31.0. The molecular weight excluding hydrogens is 433 g/mol. The summed E-state index contributed by atoms with van der Waals surface area (Å²) in [5.74, 6) is -1.04. The van der Waals surface area contributed by atoms with Crippen molar-refractivity contribution in [2.75, 3.05) is 5.73 Å².